The van der Waals surface area contributed by atoms with Crippen LogP contribution in [0.25, 0.3) is 0 Å². The Balaban J connectivity index is -0.00000354. The van der Waals surface area contributed by atoms with Gasteiger partial charge in [0.1, 0.15) is 0 Å². The molecule has 4 unspecified atom stereocenters. The minimum absolute atomic E-state index is 0.209. The first-order chi connectivity index (χ1) is 48.2. The zero-order valence-corrected chi connectivity index (χ0v) is 63.4. The van der Waals surface area contributed by atoms with E-state index in [2.05, 4.69) is 120 Å². The van der Waals surface area contributed by atoms with Gasteiger partial charge in [0, 0.05) is 157 Å². The van der Waals surface area contributed by atoms with Crippen LogP contribution in [0.5, 0.6) is 0 Å². The molecular weight excluding hydrogens is 1290 g/mol. The Kier molecular flexibility index (Phi) is 89.9. The lowest BCUT2D eigenvalue weighted by molar-refractivity contribution is -0.143. The van der Waals surface area contributed by atoms with Crippen LogP contribution in [0.15, 0.2) is 52.6 Å². The van der Waals surface area contributed by atoms with Crippen molar-refractivity contribution in [1.82, 2.24) is 39.2 Å². The largest absolute Gasteiger partial charge is 0.378 e. The molecule has 0 aliphatic carbocycles. The minimum atomic E-state index is -0.549. The third-order valence-electron chi connectivity index (χ3n) is 14.2. The van der Waals surface area contributed by atoms with Crippen molar-refractivity contribution in [2.24, 2.45) is 46.5 Å². The Labute approximate surface area is 599 Å². The molecule has 0 radical (unpaired) electrons. The van der Waals surface area contributed by atoms with Crippen molar-refractivity contribution in [2.45, 2.75) is 65.1 Å². The third kappa shape index (κ3) is 75.1. The highest BCUT2D eigenvalue weighted by atomic mass is 16.8. The molecule has 0 aliphatic heterocycles. The molecule has 0 amide bonds. The summed E-state index contributed by atoms with van der Waals surface area (Å²) in [6.07, 6.45) is -2.63. The van der Waals surface area contributed by atoms with Gasteiger partial charge in [0.15, 0.2) is 25.2 Å². The van der Waals surface area contributed by atoms with Crippen molar-refractivity contribution in [3.05, 3.63) is 52.6 Å². The van der Waals surface area contributed by atoms with Gasteiger partial charge in [0.25, 0.3) is 0 Å². The van der Waals surface area contributed by atoms with Crippen molar-refractivity contribution in [2.75, 3.05) is 317 Å². The molecule has 0 saturated heterocycles. The predicted octanol–water partition coefficient (Wildman–Crippen LogP) is -1.14. The standard InChI is InChI=1S/C58H134N16O17.4C2H4/c1-53(88-63)83-37-25-73(26-38-84-54(2)89-64)19-15-69(7)51-58(52-70(8)16-20-74(27-39-85-55(3)90-65)28-40-86-56(4)91-66)87-57(49-67(5)13-17-71(21-33-79-45-41-75-29-9-59)22-34-80-46-42-76-30-10-60)50-68(6)14-18-72(23-35-81-47-43-77-31-11-61)24-36-82-48-44-78-32-12-62;4*1-2/h53-58H,9-52,59-66H2,1-8H3;4*1-2H2. The van der Waals surface area contributed by atoms with E-state index in [9.17, 15) is 0 Å². The van der Waals surface area contributed by atoms with Gasteiger partial charge in [-0.1, -0.05) is 0 Å². The van der Waals surface area contributed by atoms with E-state index in [1.54, 1.807) is 27.7 Å². The van der Waals surface area contributed by atoms with Crippen LogP contribution in [-0.4, -0.2) is 394 Å². The summed E-state index contributed by atoms with van der Waals surface area (Å²) in [6, 6.07) is 0. The molecule has 0 heterocycles. The first kappa shape index (κ1) is 105. The van der Waals surface area contributed by atoms with E-state index in [1.165, 1.54) is 0 Å². The van der Waals surface area contributed by atoms with Crippen molar-refractivity contribution in [3.8, 4) is 0 Å². The van der Waals surface area contributed by atoms with Gasteiger partial charge in [-0.3, -0.25) is 38.9 Å². The van der Waals surface area contributed by atoms with Gasteiger partial charge < -0.3 is 104 Å². The fraction of sp³-hybridized carbons (Fsp3) is 0.879. The van der Waals surface area contributed by atoms with Crippen LogP contribution < -0.4 is 46.5 Å². The van der Waals surface area contributed by atoms with Gasteiger partial charge >= 0.3 is 0 Å². The molecule has 0 spiro atoms. The van der Waals surface area contributed by atoms with Crippen LogP contribution in [0.3, 0.4) is 0 Å². The van der Waals surface area contributed by atoms with Gasteiger partial charge in [-0.15, -0.1) is 52.6 Å². The monoisotopic (exact) mass is 1440 g/mol. The maximum atomic E-state index is 7.49. The molecule has 16 N–H and O–H groups in total. The zero-order chi connectivity index (χ0) is 75.2. The SMILES string of the molecule is C=C.C=C.C=C.C=C.CC(ON)OCCN(CCOC(C)ON)CCN(C)CC(CN(C)CCN(CCOC(C)ON)CCOC(C)ON)OC(CN(C)CCN(CCOCCOCCN)CCOCCOCCN)CN(C)CCN(CCOCCOCCN)CCOCCOCCN. The first-order valence-corrected chi connectivity index (χ1v) is 34.8. The molecule has 0 aromatic carbocycles. The summed E-state index contributed by atoms with van der Waals surface area (Å²) in [6.45, 7) is 56.5. The average Bonchev–Trinajstić information content (AvgIpc) is 1.38. The zero-order valence-electron chi connectivity index (χ0n) is 63.4. The van der Waals surface area contributed by atoms with Gasteiger partial charge in [0.05, 0.1) is 144 Å². The quantitative estimate of drug-likeness (QED) is 0.0154. The summed E-state index contributed by atoms with van der Waals surface area (Å²) in [5.41, 5.74) is 22.5. The molecule has 0 aliphatic rings. The van der Waals surface area contributed by atoms with Crippen LogP contribution in [0.1, 0.15) is 27.7 Å². The summed E-state index contributed by atoms with van der Waals surface area (Å²) < 4.78 is 76.8. The normalized spacial score (nSPS) is 13.2. The van der Waals surface area contributed by atoms with Gasteiger partial charge in [-0.05, 0) is 55.9 Å². The van der Waals surface area contributed by atoms with Crippen LogP contribution in [-0.2, 0) is 80.9 Å². The topological polar surface area (TPSA) is 391 Å². The van der Waals surface area contributed by atoms with Gasteiger partial charge in [-0.25, -0.2) is 23.6 Å². The highest BCUT2D eigenvalue weighted by Gasteiger charge is 2.25. The van der Waals surface area contributed by atoms with E-state index in [4.69, 9.17) is 127 Å². The van der Waals surface area contributed by atoms with Gasteiger partial charge in [0.2, 0.25) is 0 Å². The smallest absolute Gasteiger partial charge is 0.174 e. The van der Waals surface area contributed by atoms with E-state index >= 15 is 0 Å². The maximum absolute atomic E-state index is 7.49. The number of rotatable bonds is 74. The summed E-state index contributed by atoms with van der Waals surface area (Å²) in [7, 11) is 8.59. The second kappa shape index (κ2) is 84.6. The Morgan fingerprint density at radius 3 is 0.586 bits per heavy atom. The Morgan fingerprint density at radius 2 is 0.414 bits per heavy atom. The Hall–Kier alpha value is -2.36. The molecular formula is C66H150N16O17. The summed E-state index contributed by atoms with van der Waals surface area (Å²) in [4.78, 5) is 38.1. The van der Waals surface area contributed by atoms with Crippen LogP contribution in [0, 0.1) is 0 Å². The van der Waals surface area contributed by atoms with Gasteiger partial charge in [-0.2, -0.15) is 0 Å². The van der Waals surface area contributed by atoms with E-state index in [1.807, 2.05) is 0 Å². The number of likely N-dealkylation sites (N-methyl/N-ethyl adjacent to an activating group) is 4. The van der Waals surface area contributed by atoms with E-state index in [0.29, 0.717) is 224 Å². The highest BCUT2D eigenvalue weighted by Crippen LogP contribution is 2.10. The number of hydrogen-bond donors (Lipinski definition) is 8. The fourth-order valence-electron chi connectivity index (χ4n) is 8.85. The molecule has 0 fully saturated rings. The fourth-order valence-corrected chi connectivity index (χ4v) is 8.85. The summed E-state index contributed by atoms with van der Waals surface area (Å²) >= 11 is 0. The van der Waals surface area contributed by atoms with Crippen LogP contribution in [0.4, 0.5) is 0 Å². The third-order valence-corrected chi connectivity index (χ3v) is 14.2. The molecule has 0 aromatic heterocycles. The Bertz CT molecular complexity index is 1390. The lowest BCUT2D eigenvalue weighted by Crippen LogP contribution is -2.49. The number of nitrogens with two attached hydrogens (primary N) is 8. The van der Waals surface area contributed by atoms with Crippen LogP contribution >= 0.6 is 0 Å². The Morgan fingerprint density at radius 1 is 0.242 bits per heavy atom. The molecule has 0 rings (SSSR count). The molecule has 0 bridgehead atoms. The lowest BCUT2D eigenvalue weighted by atomic mass is 10.2. The first-order valence-electron chi connectivity index (χ1n) is 34.8. The van der Waals surface area contributed by atoms with Crippen molar-refractivity contribution >= 4 is 0 Å². The number of ether oxygens (including phenoxy) is 13. The van der Waals surface area contributed by atoms with E-state index < -0.39 is 25.2 Å². The van der Waals surface area contributed by atoms with Crippen molar-refractivity contribution in [3.63, 3.8) is 0 Å². The predicted molar refractivity (Wildman–Crippen MR) is 395 cm³/mol. The highest BCUT2D eigenvalue weighted by molar-refractivity contribution is 4.78. The van der Waals surface area contributed by atoms with E-state index in [-0.39, 0.29) is 12.2 Å². The summed E-state index contributed by atoms with van der Waals surface area (Å²) in [5.74, 6) is 21.6. The average molecular weight is 1440 g/mol. The van der Waals surface area contributed by atoms with Crippen molar-refractivity contribution in [1.29, 1.82) is 0 Å². The van der Waals surface area contributed by atoms with E-state index in [0.717, 1.165) is 65.4 Å². The molecule has 99 heavy (non-hydrogen) atoms. The molecule has 596 valence electrons. The number of nitrogens with zero attached hydrogens (tertiary/aromatic N) is 8. The molecule has 0 aromatic rings. The molecule has 33 heteroatoms. The maximum Gasteiger partial charge on any atom is 0.174 e. The second-order valence-electron chi connectivity index (χ2n) is 22.1. The summed E-state index contributed by atoms with van der Waals surface area (Å²) in [5, 5.41) is 0. The minimum Gasteiger partial charge on any atom is -0.378 e. The molecule has 0 saturated carbocycles. The second-order valence-corrected chi connectivity index (χ2v) is 22.1. The molecule has 4 atom stereocenters. The lowest BCUT2D eigenvalue weighted by Gasteiger charge is -2.36. The van der Waals surface area contributed by atoms with Crippen LogP contribution in [0.2, 0.25) is 0 Å². The van der Waals surface area contributed by atoms with Crippen molar-refractivity contribution < 1.29 is 80.9 Å². The molecule has 33 nitrogen and oxygen atoms in total. The number of hydrogen-bond acceptors (Lipinski definition) is 33.